The predicted octanol–water partition coefficient (Wildman–Crippen LogP) is 1.92. The lowest BCUT2D eigenvalue weighted by atomic mass is 10.2. The van der Waals surface area contributed by atoms with E-state index < -0.39 is 0 Å². The average Bonchev–Trinajstić information content (AvgIpc) is 2.88. The lowest BCUT2D eigenvalue weighted by Gasteiger charge is -2.17. The summed E-state index contributed by atoms with van der Waals surface area (Å²) in [7, 11) is 0. The fraction of sp³-hybridized carbons (Fsp3) is 0.278. The van der Waals surface area contributed by atoms with Gasteiger partial charge < -0.3 is 10.2 Å². The number of benzene rings is 1. The number of carbonyl (C=O) groups is 2. The summed E-state index contributed by atoms with van der Waals surface area (Å²) in [6.07, 6.45) is 0.338. The van der Waals surface area contributed by atoms with Crippen molar-refractivity contribution in [1.82, 2.24) is 15.2 Å². The Balaban J connectivity index is 1.60. The number of amides is 2. The zero-order valence-corrected chi connectivity index (χ0v) is 13.0. The number of aryl methyl sites for hydroxylation is 1. The average molecular weight is 309 g/mol. The van der Waals surface area contributed by atoms with Crippen molar-refractivity contribution in [2.24, 2.45) is 0 Å². The van der Waals surface area contributed by atoms with Crippen LogP contribution in [0.15, 0.2) is 48.5 Å². The van der Waals surface area contributed by atoms with E-state index in [4.69, 9.17) is 0 Å². The maximum absolute atomic E-state index is 12.2. The molecule has 0 radical (unpaired) electrons. The number of pyridine rings is 1. The van der Waals surface area contributed by atoms with Crippen LogP contribution in [0.25, 0.3) is 0 Å². The Hall–Kier alpha value is -2.69. The quantitative estimate of drug-likeness (QED) is 0.938. The van der Waals surface area contributed by atoms with Crippen LogP contribution in [0.4, 0.5) is 0 Å². The van der Waals surface area contributed by atoms with Crippen molar-refractivity contribution in [2.75, 3.05) is 6.54 Å². The van der Waals surface area contributed by atoms with Crippen molar-refractivity contribution in [3.8, 4) is 0 Å². The standard InChI is InChI=1S/C18H19N3O2/c1-13-6-5-9-16(19-13)18(23)20-15-10-17(22)21(12-15)11-14-7-3-2-4-8-14/h2-9,15H,10-12H2,1H3,(H,20,23)/t15-/m0/s1. The highest BCUT2D eigenvalue weighted by molar-refractivity contribution is 5.93. The number of carbonyl (C=O) groups excluding carboxylic acids is 2. The molecule has 1 aromatic heterocycles. The van der Waals surface area contributed by atoms with E-state index in [1.165, 1.54) is 0 Å². The van der Waals surface area contributed by atoms with E-state index in [0.29, 0.717) is 25.2 Å². The highest BCUT2D eigenvalue weighted by Gasteiger charge is 2.30. The first-order chi connectivity index (χ1) is 11.1. The molecule has 2 aromatic rings. The summed E-state index contributed by atoms with van der Waals surface area (Å²) in [5.74, 6) is -0.163. The van der Waals surface area contributed by atoms with Gasteiger partial charge in [0.25, 0.3) is 5.91 Å². The molecule has 1 atom stereocenters. The molecule has 0 unspecified atom stereocenters. The zero-order valence-electron chi connectivity index (χ0n) is 13.0. The molecule has 1 fully saturated rings. The molecule has 1 saturated heterocycles. The summed E-state index contributed by atoms with van der Waals surface area (Å²) in [4.78, 5) is 30.3. The molecule has 2 heterocycles. The van der Waals surface area contributed by atoms with Crippen LogP contribution in [0, 0.1) is 6.92 Å². The van der Waals surface area contributed by atoms with Gasteiger partial charge in [0, 0.05) is 25.2 Å². The van der Waals surface area contributed by atoms with Crippen LogP contribution < -0.4 is 5.32 Å². The normalized spacial score (nSPS) is 17.3. The number of likely N-dealkylation sites (tertiary alicyclic amines) is 1. The summed E-state index contributed by atoms with van der Waals surface area (Å²) in [5.41, 5.74) is 2.28. The molecule has 1 N–H and O–H groups in total. The molecule has 3 rings (SSSR count). The van der Waals surface area contributed by atoms with Crippen LogP contribution in [0.2, 0.25) is 0 Å². The first-order valence-electron chi connectivity index (χ1n) is 7.68. The van der Waals surface area contributed by atoms with Crippen LogP contribution >= 0.6 is 0 Å². The van der Waals surface area contributed by atoms with E-state index in [-0.39, 0.29) is 17.9 Å². The Morgan fingerprint density at radius 2 is 2.00 bits per heavy atom. The van der Waals surface area contributed by atoms with E-state index in [2.05, 4.69) is 10.3 Å². The second kappa shape index (κ2) is 6.60. The molecular formula is C18H19N3O2. The molecule has 1 aromatic carbocycles. The van der Waals surface area contributed by atoms with E-state index in [1.807, 2.05) is 43.3 Å². The SMILES string of the molecule is Cc1cccc(C(=O)N[C@H]2CC(=O)N(Cc3ccccc3)C2)n1. The second-order valence-corrected chi connectivity index (χ2v) is 5.80. The third-order valence-electron chi connectivity index (χ3n) is 3.89. The molecule has 5 nitrogen and oxygen atoms in total. The van der Waals surface area contributed by atoms with E-state index >= 15 is 0 Å². The largest absolute Gasteiger partial charge is 0.346 e. The molecule has 0 bridgehead atoms. The van der Waals surface area contributed by atoms with Crippen molar-refractivity contribution in [1.29, 1.82) is 0 Å². The van der Waals surface area contributed by atoms with Gasteiger partial charge in [0.2, 0.25) is 5.91 Å². The van der Waals surface area contributed by atoms with Crippen molar-refractivity contribution < 1.29 is 9.59 Å². The summed E-state index contributed by atoms with van der Waals surface area (Å²) >= 11 is 0. The first-order valence-corrected chi connectivity index (χ1v) is 7.68. The van der Waals surface area contributed by atoms with Crippen molar-refractivity contribution >= 4 is 11.8 Å². The summed E-state index contributed by atoms with van der Waals surface area (Å²) < 4.78 is 0. The monoisotopic (exact) mass is 309 g/mol. The number of aromatic nitrogens is 1. The van der Waals surface area contributed by atoms with Gasteiger partial charge >= 0.3 is 0 Å². The highest BCUT2D eigenvalue weighted by Crippen LogP contribution is 2.15. The number of nitrogens with one attached hydrogen (secondary N) is 1. The molecule has 1 aliphatic rings. The molecule has 23 heavy (non-hydrogen) atoms. The van der Waals surface area contributed by atoms with Crippen LogP contribution in [0.1, 0.15) is 28.2 Å². The third kappa shape index (κ3) is 3.74. The Labute approximate surface area is 135 Å². The molecular weight excluding hydrogens is 290 g/mol. The van der Waals surface area contributed by atoms with Gasteiger partial charge in [0.05, 0.1) is 6.04 Å². The van der Waals surface area contributed by atoms with Gasteiger partial charge in [-0.05, 0) is 24.6 Å². The Morgan fingerprint density at radius 1 is 1.22 bits per heavy atom. The minimum absolute atomic E-state index is 0.0661. The maximum Gasteiger partial charge on any atom is 0.270 e. The highest BCUT2D eigenvalue weighted by atomic mass is 16.2. The molecule has 0 aliphatic carbocycles. The van der Waals surface area contributed by atoms with Crippen molar-refractivity contribution in [3.63, 3.8) is 0 Å². The summed E-state index contributed by atoms with van der Waals surface area (Å²) in [6.45, 7) is 2.96. The van der Waals surface area contributed by atoms with Gasteiger partial charge in [0.15, 0.2) is 0 Å². The minimum atomic E-state index is -0.229. The predicted molar refractivity (Wildman–Crippen MR) is 86.7 cm³/mol. The zero-order chi connectivity index (χ0) is 16.2. The van der Waals surface area contributed by atoms with E-state index in [9.17, 15) is 9.59 Å². The fourth-order valence-electron chi connectivity index (χ4n) is 2.75. The van der Waals surface area contributed by atoms with Gasteiger partial charge in [-0.15, -0.1) is 0 Å². The Morgan fingerprint density at radius 3 is 2.74 bits per heavy atom. The summed E-state index contributed by atoms with van der Waals surface area (Å²) in [6, 6.07) is 15.0. The van der Waals surface area contributed by atoms with Crippen LogP contribution in [0.5, 0.6) is 0 Å². The van der Waals surface area contributed by atoms with Gasteiger partial charge in [0.1, 0.15) is 5.69 Å². The lowest BCUT2D eigenvalue weighted by molar-refractivity contribution is -0.128. The van der Waals surface area contributed by atoms with Gasteiger partial charge in [-0.1, -0.05) is 36.4 Å². The molecule has 0 spiro atoms. The van der Waals surface area contributed by atoms with Crippen molar-refractivity contribution in [3.05, 3.63) is 65.5 Å². The van der Waals surface area contributed by atoms with Crippen LogP contribution in [-0.2, 0) is 11.3 Å². The molecule has 5 heteroatoms. The molecule has 1 aliphatic heterocycles. The Kier molecular flexibility index (Phi) is 4.37. The van der Waals surface area contributed by atoms with E-state index in [1.54, 1.807) is 17.0 Å². The lowest BCUT2D eigenvalue weighted by Crippen LogP contribution is -2.37. The topological polar surface area (TPSA) is 62.3 Å². The van der Waals surface area contributed by atoms with Crippen LogP contribution in [0.3, 0.4) is 0 Å². The fourth-order valence-corrected chi connectivity index (χ4v) is 2.75. The first kappa shape index (κ1) is 15.2. The molecule has 0 saturated carbocycles. The van der Waals surface area contributed by atoms with Crippen molar-refractivity contribution in [2.45, 2.75) is 25.9 Å². The van der Waals surface area contributed by atoms with Gasteiger partial charge in [-0.25, -0.2) is 4.98 Å². The van der Waals surface area contributed by atoms with E-state index in [0.717, 1.165) is 11.3 Å². The smallest absolute Gasteiger partial charge is 0.270 e. The van der Waals surface area contributed by atoms with Crippen LogP contribution in [-0.4, -0.2) is 34.3 Å². The molecule has 118 valence electrons. The summed E-state index contributed by atoms with van der Waals surface area (Å²) in [5, 5.41) is 2.90. The molecule has 2 amide bonds. The second-order valence-electron chi connectivity index (χ2n) is 5.80. The number of nitrogens with zero attached hydrogens (tertiary/aromatic N) is 2. The number of hydrogen-bond donors (Lipinski definition) is 1. The maximum atomic E-state index is 12.2. The number of hydrogen-bond acceptors (Lipinski definition) is 3. The Bertz CT molecular complexity index is 715. The minimum Gasteiger partial charge on any atom is -0.346 e. The number of rotatable bonds is 4. The third-order valence-corrected chi connectivity index (χ3v) is 3.89. The van der Waals surface area contributed by atoms with Gasteiger partial charge in [-0.3, -0.25) is 9.59 Å². The van der Waals surface area contributed by atoms with Gasteiger partial charge in [-0.2, -0.15) is 0 Å².